The molecule has 1 aromatic rings. The zero-order valence-corrected chi connectivity index (χ0v) is 11.5. The molecular weight excluding hydrogens is 225 g/mol. The SMILES string of the molecule is CC(NCC1CCCCC1C)c1ccc(F)cc1. The predicted octanol–water partition coefficient (Wildman–Crippen LogP) is 4.30. The Labute approximate surface area is 110 Å². The van der Waals surface area contributed by atoms with Gasteiger partial charge in [0, 0.05) is 6.04 Å². The van der Waals surface area contributed by atoms with Crippen LogP contribution in [0.3, 0.4) is 0 Å². The monoisotopic (exact) mass is 249 g/mol. The fourth-order valence-corrected chi connectivity index (χ4v) is 2.89. The van der Waals surface area contributed by atoms with Crippen LogP contribution in [-0.2, 0) is 0 Å². The van der Waals surface area contributed by atoms with Crippen LogP contribution < -0.4 is 5.32 Å². The van der Waals surface area contributed by atoms with Crippen LogP contribution in [-0.4, -0.2) is 6.54 Å². The van der Waals surface area contributed by atoms with Crippen molar-refractivity contribution < 1.29 is 4.39 Å². The summed E-state index contributed by atoms with van der Waals surface area (Å²) in [7, 11) is 0. The first-order chi connectivity index (χ1) is 8.66. The Morgan fingerprint density at radius 2 is 1.89 bits per heavy atom. The van der Waals surface area contributed by atoms with E-state index in [0.717, 1.165) is 18.4 Å². The maximum atomic E-state index is 12.9. The third-order valence-electron chi connectivity index (χ3n) is 4.35. The van der Waals surface area contributed by atoms with Crippen molar-refractivity contribution in [1.82, 2.24) is 5.32 Å². The van der Waals surface area contributed by atoms with Crippen LogP contribution in [0, 0.1) is 17.7 Å². The van der Waals surface area contributed by atoms with Crippen molar-refractivity contribution in [1.29, 1.82) is 0 Å². The number of benzene rings is 1. The highest BCUT2D eigenvalue weighted by Crippen LogP contribution is 2.29. The minimum Gasteiger partial charge on any atom is -0.310 e. The Morgan fingerprint density at radius 1 is 1.22 bits per heavy atom. The fourth-order valence-electron chi connectivity index (χ4n) is 2.89. The summed E-state index contributed by atoms with van der Waals surface area (Å²) in [5.41, 5.74) is 1.17. The molecule has 0 radical (unpaired) electrons. The summed E-state index contributed by atoms with van der Waals surface area (Å²) >= 11 is 0. The van der Waals surface area contributed by atoms with Crippen LogP contribution >= 0.6 is 0 Å². The van der Waals surface area contributed by atoms with E-state index in [1.54, 1.807) is 0 Å². The lowest BCUT2D eigenvalue weighted by Gasteiger charge is -2.30. The van der Waals surface area contributed by atoms with E-state index in [2.05, 4.69) is 19.2 Å². The van der Waals surface area contributed by atoms with Gasteiger partial charge in [-0.05, 0) is 49.4 Å². The summed E-state index contributed by atoms with van der Waals surface area (Å²) < 4.78 is 12.9. The molecule has 18 heavy (non-hydrogen) atoms. The highest BCUT2D eigenvalue weighted by atomic mass is 19.1. The van der Waals surface area contributed by atoms with Gasteiger partial charge in [0.25, 0.3) is 0 Å². The minimum absolute atomic E-state index is 0.160. The Bertz CT molecular complexity index is 360. The van der Waals surface area contributed by atoms with Gasteiger partial charge in [0.05, 0.1) is 0 Å². The molecule has 100 valence electrons. The van der Waals surface area contributed by atoms with Crippen molar-refractivity contribution in [3.63, 3.8) is 0 Å². The van der Waals surface area contributed by atoms with Crippen LogP contribution in [0.25, 0.3) is 0 Å². The summed E-state index contributed by atoms with van der Waals surface area (Å²) in [6, 6.07) is 7.13. The smallest absolute Gasteiger partial charge is 0.123 e. The molecule has 0 saturated heterocycles. The molecule has 0 heterocycles. The molecular formula is C16H24FN. The third kappa shape index (κ3) is 3.55. The standard InChI is InChI=1S/C16H24FN/c1-12-5-3-4-6-15(12)11-18-13(2)14-7-9-16(17)10-8-14/h7-10,12-13,15,18H,3-6,11H2,1-2H3. The molecule has 0 spiro atoms. The normalized spacial score (nSPS) is 25.9. The Balaban J connectivity index is 1.83. The van der Waals surface area contributed by atoms with Gasteiger partial charge < -0.3 is 5.32 Å². The predicted molar refractivity (Wildman–Crippen MR) is 73.9 cm³/mol. The highest BCUT2D eigenvalue weighted by Gasteiger charge is 2.21. The highest BCUT2D eigenvalue weighted by molar-refractivity contribution is 5.19. The van der Waals surface area contributed by atoms with E-state index in [1.807, 2.05) is 12.1 Å². The second-order valence-electron chi connectivity index (χ2n) is 5.70. The fraction of sp³-hybridized carbons (Fsp3) is 0.625. The molecule has 3 unspecified atom stereocenters. The van der Waals surface area contributed by atoms with E-state index in [9.17, 15) is 4.39 Å². The van der Waals surface area contributed by atoms with Crippen molar-refractivity contribution in [3.8, 4) is 0 Å². The quantitative estimate of drug-likeness (QED) is 0.838. The van der Waals surface area contributed by atoms with Crippen LogP contribution in [0.1, 0.15) is 51.1 Å². The van der Waals surface area contributed by atoms with Gasteiger partial charge in [0.1, 0.15) is 5.82 Å². The molecule has 1 nitrogen and oxygen atoms in total. The molecule has 0 aromatic heterocycles. The van der Waals surface area contributed by atoms with Crippen molar-refractivity contribution in [2.75, 3.05) is 6.54 Å². The van der Waals surface area contributed by atoms with Crippen molar-refractivity contribution in [2.24, 2.45) is 11.8 Å². The lowest BCUT2D eigenvalue weighted by atomic mass is 9.80. The lowest BCUT2D eigenvalue weighted by Crippen LogP contribution is -2.31. The molecule has 1 aromatic carbocycles. The molecule has 0 bridgehead atoms. The largest absolute Gasteiger partial charge is 0.310 e. The molecule has 1 saturated carbocycles. The topological polar surface area (TPSA) is 12.0 Å². The first kappa shape index (κ1) is 13.5. The number of nitrogens with one attached hydrogen (secondary N) is 1. The molecule has 0 aliphatic heterocycles. The first-order valence-electron chi connectivity index (χ1n) is 7.15. The van der Waals surface area contributed by atoms with Crippen molar-refractivity contribution in [2.45, 2.75) is 45.6 Å². The van der Waals surface area contributed by atoms with E-state index < -0.39 is 0 Å². The van der Waals surface area contributed by atoms with E-state index in [0.29, 0.717) is 6.04 Å². The average Bonchev–Trinajstić information content (AvgIpc) is 2.38. The maximum Gasteiger partial charge on any atom is 0.123 e. The summed E-state index contributed by atoms with van der Waals surface area (Å²) in [6.07, 6.45) is 5.49. The summed E-state index contributed by atoms with van der Waals surface area (Å²) in [5, 5.41) is 3.60. The molecule has 1 fully saturated rings. The molecule has 3 atom stereocenters. The van der Waals surface area contributed by atoms with Crippen LogP contribution in [0.4, 0.5) is 4.39 Å². The Hall–Kier alpha value is -0.890. The van der Waals surface area contributed by atoms with E-state index in [4.69, 9.17) is 0 Å². The van der Waals surface area contributed by atoms with Gasteiger partial charge in [-0.15, -0.1) is 0 Å². The third-order valence-corrected chi connectivity index (χ3v) is 4.35. The molecule has 1 aliphatic carbocycles. The maximum absolute atomic E-state index is 12.9. The van der Waals surface area contributed by atoms with E-state index in [-0.39, 0.29) is 5.82 Å². The van der Waals surface area contributed by atoms with Crippen molar-refractivity contribution >= 4 is 0 Å². The zero-order valence-electron chi connectivity index (χ0n) is 11.5. The van der Waals surface area contributed by atoms with Gasteiger partial charge >= 0.3 is 0 Å². The second-order valence-corrected chi connectivity index (χ2v) is 5.70. The van der Waals surface area contributed by atoms with Gasteiger partial charge in [0.15, 0.2) is 0 Å². The van der Waals surface area contributed by atoms with Crippen LogP contribution in [0.15, 0.2) is 24.3 Å². The molecule has 2 heteroatoms. The van der Waals surface area contributed by atoms with E-state index >= 15 is 0 Å². The molecule has 2 rings (SSSR count). The minimum atomic E-state index is -0.160. The van der Waals surface area contributed by atoms with Gasteiger partial charge in [-0.2, -0.15) is 0 Å². The van der Waals surface area contributed by atoms with E-state index in [1.165, 1.54) is 43.4 Å². The van der Waals surface area contributed by atoms with Gasteiger partial charge in [-0.1, -0.05) is 38.3 Å². The molecule has 0 amide bonds. The molecule has 1 N–H and O–H groups in total. The molecule has 1 aliphatic rings. The number of hydrogen-bond donors (Lipinski definition) is 1. The van der Waals surface area contributed by atoms with Gasteiger partial charge in [0.2, 0.25) is 0 Å². The number of halogens is 1. The Morgan fingerprint density at radius 3 is 2.56 bits per heavy atom. The Kier molecular flexibility index (Phi) is 4.76. The second kappa shape index (κ2) is 6.33. The first-order valence-corrected chi connectivity index (χ1v) is 7.15. The summed E-state index contributed by atoms with van der Waals surface area (Å²) in [4.78, 5) is 0. The lowest BCUT2D eigenvalue weighted by molar-refractivity contribution is 0.242. The summed E-state index contributed by atoms with van der Waals surface area (Å²) in [6.45, 7) is 5.61. The summed E-state index contributed by atoms with van der Waals surface area (Å²) in [5.74, 6) is 1.49. The number of hydrogen-bond acceptors (Lipinski definition) is 1. The zero-order chi connectivity index (χ0) is 13.0. The number of rotatable bonds is 4. The van der Waals surface area contributed by atoms with Crippen molar-refractivity contribution in [3.05, 3.63) is 35.6 Å². The average molecular weight is 249 g/mol. The van der Waals surface area contributed by atoms with Crippen LogP contribution in [0.5, 0.6) is 0 Å². The van der Waals surface area contributed by atoms with Gasteiger partial charge in [-0.3, -0.25) is 0 Å². The van der Waals surface area contributed by atoms with Crippen LogP contribution in [0.2, 0.25) is 0 Å². The van der Waals surface area contributed by atoms with Gasteiger partial charge in [-0.25, -0.2) is 4.39 Å².